The Bertz CT molecular complexity index is 1270. The second-order valence-corrected chi connectivity index (χ2v) is 7.20. The number of nitrogens with zero attached hydrogens (tertiary/aromatic N) is 2. The quantitative estimate of drug-likeness (QED) is 0.133. The Morgan fingerprint density at radius 2 is 1.64 bits per heavy atom. The van der Waals surface area contributed by atoms with Crippen molar-refractivity contribution in [3.8, 4) is 0 Å². The van der Waals surface area contributed by atoms with Gasteiger partial charge < -0.3 is 25.2 Å². The third kappa shape index (κ3) is 6.26. The van der Waals surface area contributed by atoms with Crippen molar-refractivity contribution in [2.45, 2.75) is 45.2 Å². The summed E-state index contributed by atoms with van der Waals surface area (Å²) in [5.74, 6) is -0.808. The Labute approximate surface area is 185 Å². The summed E-state index contributed by atoms with van der Waals surface area (Å²) in [6.45, 7) is 4.18. The van der Waals surface area contributed by atoms with Crippen LogP contribution in [0.25, 0.3) is 22.2 Å². The lowest BCUT2D eigenvalue weighted by Gasteiger charge is -2.24. The molecule has 0 aliphatic heterocycles. The van der Waals surface area contributed by atoms with Crippen molar-refractivity contribution < 1.29 is 34.8 Å². The van der Waals surface area contributed by atoms with E-state index < -0.39 is 48.2 Å². The highest BCUT2D eigenvalue weighted by Crippen LogP contribution is 2.17. The van der Waals surface area contributed by atoms with Crippen molar-refractivity contribution in [3.63, 3.8) is 0 Å². The average molecular weight is 464 g/mol. The number of esters is 1. The van der Waals surface area contributed by atoms with Crippen molar-refractivity contribution in [1.82, 2.24) is 19.9 Å². The van der Waals surface area contributed by atoms with Gasteiger partial charge in [0.25, 0.3) is 5.56 Å². The zero-order chi connectivity index (χ0) is 24.9. The Kier molecular flexibility index (Phi) is 8.48. The van der Waals surface area contributed by atoms with Gasteiger partial charge in [-0.05, 0) is 37.1 Å². The molecule has 3 aromatic rings. The molecule has 0 fully saturated rings. The first kappa shape index (κ1) is 25.7. The molecule has 3 rings (SSSR count). The first-order chi connectivity index (χ1) is 15.5. The normalized spacial score (nSPS) is 14.6. The number of carbonyl (C=O) groups excluding carboxylic acids is 2. The number of benzene rings is 1. The minimum Gasteiger partial charge on any atom is -0.452 e. The molecule has 33 heavy (non-hydrogen) atoms. The van der Waals surface area contributed by atoms with Crippen molar-refractivity contribution in [3.05, 3.63) is 44.1 Å². The van der Waals surface area contributed by atoms with Gasteiger partial charge in [0, 0.05) is 6.92 Å². The molecule has 0 spiro atoms. The molecule has 0 saturated heterocycles. The van der Waals surface area contributed by atoms with E-state index in [9.17, 15) is 29.4 Å². The number of aldehydes is 1. The van der Waals surface area contributed by atoms with Crippen LogP contribution in [0.3, 0.4) is 0 Å². The SMILES string of the molecule is CC(=O)O[C@@H](C=O)[C@@H](O)[C@H](O)[C@H](O)CO.Cc1cc2nc3[nH]c(=O)[nH]c(=O)c3nc2cc1C. The van der Waals surface area contributed by atoms with Crippen molar-refractivity contribution in [2.75, 3.05) is 6.61 Å². The Hall–Kier alpha value is -3.52. The highest BCUT2D eigenvalue weighted by molar-refractivity contribution is 5.84. The first-order valence-electron chi connectivity index (χ1n) is 9.67. The van der Waals surface area contributed by atoms with Gasteiger partial charge in [-0.1, -0.05) is 0 Å². The van der Waals surface area contributed by atoms with Crippen LogP contribution < -0.4 is 11.2 Å². The molecule has 0 unspecified atom stereocenters. The minimum atomic E-state index is -1.78. The van der Waals surface area contributed by atoms with E-state index in [2.05, 4.69) is 24.7 Å². The fourth-order valence-electron chi connectivity index (χ4n) is 2.76. The van der Waals surface area contributed by atoms with E-state index in [-0.39, 0.29) is 17.5 Å². The highest BCUT2D eigenvalue weighted by atomic mass is 16.6. The third-order valence-electron chi connectivity index (χ3n) is 4.66. The highest BCUT2D eigenvalue weighted by Gasteiger charge is 2.32. The maximum atomic E-state index is 11.6. The van der Waals surface area contributed by atoms with Gasteiger partial charge in [-0.15, -0.1) is 0 Å². The van der Waals surface area contributed by atoms with Gasteiger partial charge in [0.15, 0.2) is 23.6 Å². The van der Waals surface area contributed by atoms with Crippen LogP contribution in [0.1, 0.15) is 18.1 Å². The van der Waals surface area contributed by atoms with E-state index in [1.54, 1.807) is 0 Å². The number of fused-ring (bicyclic) bond motifs is 2. The van der Waals surface area contributed by atoms with Crippen LogP contribution in [0.4, 0.5) is 0 Å². The number of carbonyl (C=O) groups is 2. The number of nitrogens with one attached hydrogen (secondary N) is 2. The number of H-pyrrole nitrogens is 2. The lowest BCUT2D eigenvalue weighted by Crippen LogP contribution is -2.47. The molecule has 0 saturated carbocycles. The van der Waals surface area contributed by atoms with Crippen LogP contribution in [0.15, 0.2) is 21.7 Å². The van der Waals surface area contributed by atoms with Gasteiger partial charge in [-0.2, -0.15) is 0 Å². The number of aryl methyl sites for hydroxylation is 2. The van der Waals surface area contributed by atoms with E-state index >= 15 is 0 Å². The second-order valence-electron chi connectivity index (χ2n) is 7.20. The molecule has 0 amide bonds. The lowest BCUT2D eigenvalue weighted by molar-refractivity contribution is -0.166. The van der Waals surface area contributed by atoms with Crippen LogP contribution in [-0.2, 0) is 14.3 Å². The number of ether oxygens (including phenoxy) is 1. The number of aliphatic hydroxyl groups is 4. The maximum absolute atomic E-state index is 11.6. The average Bonchev–Trinajstić information content (AvgIpc) is 2.76. The van der Waals surface area contributed by atoms with Crippen LogP contribution in [0.5, 0.6) is 0 Å². The van der Waals surface area contributed by atoms with E-state index in [1.807, 2.05) is 26.0 Å². The number of aromatic nitrogens is 4. The first-order valence-corrected chi connectivity index (χ1v) is 9.67. The zero-order valence-corrected chi connectivity index (χ0v) is 18.0. The summed E-state index contributed by atoms with van der Waals surface area (Å²) in [5.41, 5.74) is 2.71. The number of rotatable bonds is 6. The van der Waals surface area contributed by atoms with Gasteiger partial charge >= 0.3 is 11.7 Å². The lowest BCUT2D eigenvalue weighted by atomic mass is 10.0. The Balaban J connectivity index is 0.000000239. The zero-order valence-electron chi connectivity index (χ0n) is 18.0. The Morgan fingerprint density at radius 3 is 2.15 bits per heavy atom. The van der Waals surface area contributed by atoms with Gasteiger partial charge in [0.1, 0.15) is 18.3 Å². The molecule has 178 valence electrons. The maximum Gasteiger partial charge on any atom is 0.327 e. The van der Waals surface area contributed by atoms with Crippen LogP contribution in [0.2, 0.25) is 0 Å². The van der Waals surface area contributed by atoms with E-state index in [0.717, 1.165) is 18.1 Å². The third-order valence-corrected chi connectivity index (χ3v) is 4.66. The number of aromatic amines is 2. The standard InChI is InChI=1S/C12H10N4O2.C8H14O7/c1-5-3-7-8(4-6(5)2)14-10-9(13-7)11(17)16-12(18)15-10;1-4(11)15-6(3-10)8(14)7(13)5(12)2-9/h3-4H,1-2H3,(H2,14,15,16,17,18);3,5-9,12-14H,2H2,1H3/t;5-,6+,7-,8-/m.1/s1. The van der Waals surface area contributed by atoms with Crippen molar-refractivity contribution in [2.24, 2.45) is 0 Å². The molecule has 0 aliphatic rings. The minimum absolute atomic E-state index is 0.124. The molecule has 2 aromatic heterocycles. The molecule has 4 atom stereocenters. The van der Waals surface area contributed by atoms with Crippen molar-refractivity contribution >= 4 is 34.5 Å². The summed E-state index contributed by atoms with van der Waals surface area (Å²) in [5, 5.41) is 35.9. The molecule has 0 bridgehead atoms. The fraction of sp³-hybridized carbons (Fsp3) is 0.400. The van der Waals surface area contributed by atoms with Gasteiger partial charge in [-0.3, -0.25) is 24.4 Å². The second kappa shape index (κ2) is 10.9. The number of hydrogen-bond donors (Lipinski definition) is 6. The van der Waals surface area contributed by atoms with Gasteiger partial charge in [0.05, 0.1) is 17.6 Å². The molecule has 0 radical (unpaired) electrons. The number of hydrogen-bond acceptors (Lipinski definition) is 11. The van der Waals surface area contributed by atoms with Crippen LogP contribution >= 0.6 is 0 Å². The molecule has 0 aliphatic carbocycles. The topological polar surface area (TPSA) is 216 Å². The smallest absolute Gasteiger partial charge is 0.327 e. The van der Waals surface area contributed by atoms with E-state index in [1.165, 1.54) is 0 Å². The van der Waals surface area contributed by atoms with Gasteiger partial charge in [0.2, 0.25) is 0 Å². The van der Waals surface area contributed by atoms with Crippen molar-refractivity contribution in [1.29, 1.82) is 0 Å². The van der Waals surface area contributed by atoms with E-state index in [0.29, 0.717) is 11.0 Å². The molecular weight excluding hydrogens is 440 g/mol. The summed E-state index contributed by atoms with van der Waals surface area (Å²) < 4.78 is 4.37. The number of aliphatic hydroxyl groups excluding tert-OH is 4. The Morgan fingerprint density at radius 1 is 1.06 bits per heavy atom. The van der Waals surface area contributed by atoms with Gasteiger partial charge in [-0.25, -0.2) is 14.8 Å². The van der Waals surface area contributed by atoms with Crippen LogP contribution in [-0.4, -0.2) is 83.6 Å². The van der Waals surface area contributed by atoms with E-state index in [4.69, 9.17) is 10.2 Å². The summed E-state index contributed by atoms with van der Waals surface area (Å²) >= 11 is 0. The molecule has 6 N–H and O–H groups in total. The molecule has 13 nitrogen and oxygen atoms in total. The predicted molar refractivity (Wildman–Crippen MR) is 114 cm³/mol. The largest absolute Gasteiger partial charge is 0.452 e. The summed E-state index contributed by atoms with van der Waals surface area (Å²) in [6.07, 6.45) is -6.62. The molecular formula is C20H24N4O9. The molecule has 2 heterocycles. The monoisotopic (exact) mass is 464 g/mol. The molecule has 13 heteroatoms. The molecule has 1 aromatic carbocycles. The fourth-order valence-corrected chi connectivity index (χ4v) is 2.76. The summed E-state index contributed by atoms with van der Waals surface area (Å²) in [6, 6.07) is 3.76. The summed E-state index contributed by atoms with van der Waals surface area (Å²) in [4.78, 5) is 56.8. The predicted octanol–water partition coefficient (Wildman–Crippen LogP) is -2.03. The van der Waals surface area contributed by atoms with Crippen LogP contribution in [0, 0.1) is 13.8 Å². The summed E-state index contributed by atoms with van der Waals surface area (Å²) in [7, 11) is 0.